The van der Waals surface area contributed by atoms with Crippen molar-refractivity contribution in [3.05, 3.63) is 76.0 Å². The number of rotatable bonds is 14. The van der Waals surface area contributed by atoms with Crippen LogP contribution in [-0.4, -0.2) is 82.4 Å². The minimum Gasteiger partial charge on any atom is -0.497 e. The van der Waals surface area contributed by atoms with Gasteiger partial charge in [0.25, 0.3) is 5.91 Å². The van der Waals surface area contributed by atoms with Crippen molar-refractivity contribution in [3.8, 4) is 5.75 Å². The van der Waals surface area contributed by atoms with E-state index in [9.17, 15) is 23.3 Å². The minimum atomic E-state index is -3.91. The first kappa shape index (κ1) is 30.7. The van der Waals surface area contributed by atoms with E-state index in [4.69, 9.17) is 18.6 Å². The number of hydrogen-bond acceptors (Lipinski definition) is 12. The van der Waals surface area contributed by atoms with E-state index in [2.05, 4.69) is 10.1 Å². The number of aromatic nitrogens is 1. The lowest BCUT2D eigenvalue weighted by molar-refractivity contribution is -0.402. The lowest BCUT2D eigenvalue weighted by Gasteiger charge is -2.21. The smallest absolute Gasteiger partial charge is 0.433 e. The van der Waals surface area contributed by atoms with Gasteiger partial charge in [-0.3, -0.25) is 14.9 Å². The molecule has 16 heteroatoms. The van der Waals surface area contributed by atoms with Crippen LogP contribution in [0.1, 0.15) is 16.1 Å². The summed E-state index contributed by atoms with van der Waals surface area (Å²) in [5.41, 5.74) is 0.708. The molecule has 14 nitrogen and oxygen atoms in total. The number of nitrogens with zero attached hydrogens (tertiary/aromatic N) is 5. The SMILES string of the molecule is COCCN(CCOC)S(=O)(=O)c1ccc(C(=O)N(/N=C/c2ccc([N+](=O)[O-])o2)c2nc3ccc(OC)cc3s2)cc1. The van der Waals surface area contributed by atoms with Crippen molar-refractivity contribution in [1.82, 2.24) is 9.29 Å². The number of hydrogen-bond donors (Lipinski definition) is 0. The summed E-state index contributed by atoms with van der Waals surface area (Å²) in [6.07, 6.45) is 1.15. The first-order valence-electron chi connectivity index (χ1n) is 12.3. The zero-order valence-electron chi connectivity index (χ0n) is 22.8. The number of carbonyl (C=O) groups excluding carboxylic acids is 1. The first-order chi connectivity index (χ1) is 20.2. The predicted octanol–water partition coefficient (Wildman–Crippen LogP) is 3.77. The van der Waals surface area contributed by atoms with Crippen molar-refractivity contribution < 1.29 is 36.8 Å². The number of methoxy groups -OCH3 is 3. The molecule has 4 rings (SSSR count). The summed E-state index contributed by atoms with van der Waals surface area (Å²) in [4.78, 5) is 28.5. The van der Waals surface area contributed by atoms with Crippen LogP contribution in [0.15, 0.2) is 69.0 Å². The molecule has 0 atom stereocenters. The van der Waals surface area contributed by atoms with Crippen LogP contribution < -0.4 is 9.75 Å². The highest BCUT2D eigenvalue weighted by Crippen LogP contribution is 2.32. The number of thiazole rings is 1. The van der Waals surface area contributed by atoms with E-state index in [0.717, 1.165) is 27.3 Å². The van der Waals surface area contributed by atoms with Gasteiger partial charge in [0.15, 0.2) is 5.76 Å². The summed E-state index contributed by atoms with van der Waals surface area (Å²) in [5.74, 6) is -0.471. The van der Waals surface area contributed by atoms with Gasteiger partial charge in [0.05, 0.1) is 47.7 Å². The zero-order chi connectivity index (χ0) is 30.3. The fraction of sp³-hybridized carbons (Fsp3) is 0.269. The molecular weight excluding hydrogens is 590 g/mol. The van der Waals surface area contributed by atoms with Gasteiger partial charge in [-0.15, -0.1) is 0 Å². The number of hydrazone groups is 1. The van der Waals surface area contributed by atoms with Crippen LogP contribution in [0.2, 0.25) is 0 Å². The van der Waals surface area contributed by atoms with E-state index in [1.165, 1.54) is 62.0 Å². The van der Waals surface area contributed by atoms with Crippen molar-refractivity contribution >= 4 is 54.7 Å². The van der Waals surface area contributed by atoms with Crippen LogP contribution in [0.3, 0.4) is 0 Å². The molecular formula is C26H27N5O9S2. The van der Waals surface area contributed by atoms with Crippen molar-refractivity contribution in [3.63, 3.8) is 0 Å². The quantitative estimate of drug-likeness (QED) is 0.115. The molecule has 2 aromatic carbocycles. The van der Waals surface area contributed by atoms with Crippen LogP contribution in [0.5, 0.6) is 5.75 Å². The Balaban J connectivity index is 1.67. The molecule has 4 aromatic rings. The highest BCUT2D eigenvalue weighted by Gasteiger charge is 2.26. The monoisotopic (exact) mass is 617 g/mol. The van der Waals surface area contributed by atoms with E-state index in [-0.39, 0.29) is 47.7 Å². The summed E-state index contributed by atoms with van der Waals surface area (Å²) in [6, 6.07) is 13.1. The Morgan fingerprint density at radius 3 is 2.36 bits per heavy atom. The lowest BCUT2D eigenvalue weighted by Crippen LogP contribution is -2.36. The Kier molecular flexibility index (Phi) is 9.97. The van der Waals surface area contributed by atoms with E-state index in [1.807, 2.05) is 0 Å². The molecule has 0 unspecified atom stereocenters. The van der Waals surface area contributed by atoms with Crippen molar-refractivity contribution in [2.24, 2.45) is 5.10 Å². The first-order valence-corrected chi connectivity index (χ1v) is 14.6. The molecule has 2 heterocycles. The van der Waals surface area contributed by atoms with Gasteiger partial charge in [-0.2, -0.15) is 14.4 Å². The summed E-state index contributed by atoms with van der Waals surface area (Å²) >= 11 is 1.16. The molecule has 0 saturated heterocycles. The highest BCUT2D eigenvalue weighted by atomic mass is 32.2. The molecule has 0 bridgehead atoms. The van der Waals surface area contributed by atoms with Gasteiger partial charge in [0.2, 0.25) is 15.2 Å². The number of benzene rings is 2. The van der Waals surface area contributed by atoms with Crippen LogP contribution >= 0.6 is 11.3 Å². The standard InChI is InChI=1S/C26H27N5O9S2/c1-37-14-12-29(13-15-38-2)42(35,36)21-8-4-18(5-9-21)25(32)30(27-17-20-7-11-24(40-20)31(33)34)26-28-22-10-6-19(39-3)16-23(22)41-26/h4-11,16-17H,12-15H2,1-3H3/b27-17+. The summed E-state index contributed by atoms with van der Waals surface area (Å²) in [7, 11) is 0.580. The number of ether oxygens (including phenoxy) is 3. The lowest BCUT2D eigenvalue weighted by atomic mass is 10.2. The molecule has 2 aromatic heterocycles. The molecule has 42 heavy (non-hydrogen) atoms. The third kappa shape index (κ3) is 6.97. The Bertz CT molecular complexity index is 1680. The van der Waals surface area contributed by atoms with Crippen LogP contribution in [0, 0.1) is 10.1 Å². The van der Waals surface area contributed by atoms with Gasteiger partial charge in [0, 0.05) is 32.9 Å². The average molecular weight is 618 g/mol. The second-order valence-corrected chi connectivity index (χ2v) is 11.5. The summed E-state index contributed by atoms with van der Waals surface area (Å²) in [6.45, 7) is 0.635. The largest absolute Gasteiger partial charge is 0.497 e. The minimum absolute atomic E-state index is 0.0173. The van der Waals surface area contributed by atoms with Crippen molar-refractivity contribution in [2.75, 3.05) is 52.6 Å². The van der Waals surface area contributed by atoms with Gasteiger partial charge in [0.1, 0.15) is 10.7 Å². The molecule has 1 amide bonds. The molecule has 0 aliphatic heterocycles. The number of amides is 1. The Hall–Kier alpha value is -4.22. The number of sulfonamides is 1. The molecule has 0 N–H and O–H groups in total. The third-order valence-electron chi connectivity index (χ3n) is 5.88. The van der Waals surface area contributed by atoms with Crippen LogP contribution in [-0.2, 0) is 19.5 Å². The number of furan rings is 1. The Morgan fingerprint density at radius 1 is 1.07 bits per heavy atom. The van der Waals surface area contributed by atoms with Gasteiger partial charge in [-0.25, -0.2) is 13.4 Å². The zero-order valence-corrected chi connectivity index (χ0v) is 24.5. The fourth-order valence-corrected chi connectivity index (χ4v) is 6.06. The Labute approximate surface area is 244 Å². The molecule has 0 aliphatic rings. The maximum atomic E-state index is 13.7. The van der Waals surface area contributed by atoms with Crippen molar-refractivity contribution in [1.29, 1.82) is 0 Å². The Morgan fingerprint density at radius 2 is 1.76 bits per heavy atom. The van der Waals surface area contributed by atoms with Gasteiger partial charge < -0.3 is 18.6 Å². The number of carbonyl (C=O) groups is 1. The summed E-state index contributed by atoms with van der Waals surface area (Å²) < 4.78 is 49.0. The molecule has 0 fully saturated rings. The fourth-order valence-electron chi connectivity index (χ4n) is 3.70. The van der Waals surface area contributed by atoms with E-state index in [1.54, 1.807) is 18.2 Å². The van der Waals surface area contributed by atoms with Gasteiger partial charge in [-0.1, -0.05) is 11.3 Å². The predicted molar refractivity (Wildman–Crippen MR) is 155 cm³/mol. The summed E-state index contributed by atoms with van der Waals surface area (Å²) in [5, 5.41) is 16.4. The normalized spacial score (nSPS) is 11.9. The number of fused-ring (bicyclic) bond motifs is 1. The molecule has 0 aliphatic carbocycles. The van der Waals surface area contributed by atoms with Crippen LogP contribution in [0.4, 0.5) is 11.0 Å². The van der Waals surface area contributed by atoms with Gasteiger partial charge in [-0.05, 0) is 48.5 Å². The number of anilines is 1. The van der Waals surface area contributed by atoms with Crippen LogP contribution in [0.25, 0.3) is 10.2 Å². The van der Waals surface area contributed by atoms with E-state index in [0.29, 0.717) is 11.3 Å². The number of nitro groups is 1. The topological polar surface area (TPSA) is 167 Å². The van der Waals surface area contributed by atoms with E-state index >= 15 is 0 Å². The average Bonchev–Trinajstić information content (AvgIpc) is 3.64. The molecule has 0 radical (unpaired) electrons. The molecule has 0 spiro atoms. The highest BCUT2D eigenvalue weighted by molar-refractivity contribution is 7.89. The van der Waals surface area contributed by atoms with Gasteiger partial charge >= 0.3 is 5.88 Å². The second-order valence-electron chi connectivity index (χ2n) is 8.54. The maximum absolute atomic E-state index is 13.7. The third-order valence-corrected chi connectivity index (χ3v) is 8.79. The maximum Gasteiger partial charge on any atom is 0.433 e. The molecule has 0 saturated carbocycles. The second kappa shape index (κ2) is 13.6. The molecule has 222 valence electrons. The van der Waals surface area contributed by atoms with Crippen molar-refractivity contribution in [2.45, 2.75) is 4.90 Å². The van der Waals surface area contributed by atoms with E-state index < -0.39 is 26.7 Å².